The summed E-state index contributed by atoms with van der Waals surface area (Å²) in [5.74, 6) is 0.892. The third kappa shape index (κ3) is 13.1. The topological polar surface area (TPSA) is 24.8 Å². The van der Waals surface area contributed by atoms with Crippen LogP contribution in [0.4, 0.5) is 0 Å². The van der Waals surface area contributed by atoms with Gasteiger partial charge < -0.3 is 4.74 Å². The van der Waals surface area contributed by atoms with Gasteiger partial charge in [0.1, 0.15) is 5.75 Å². The monoisotopic (exact) mass is 306 g/mol. The molecule has 0 aromatic heterocycles. The molecule has 126 valence electrons. The lowest BCUT2D eigenvalue weighted by atomic mass is 10.2. The molecule has 0 radical (unpaired) electrons. The van der Waals surface area contributed by atoms with Gasteiger partial charge in [-0.05, 0) is 31.0 Å². The van der Waals surface area contributed by atoms with E-state index < -0.39 is 0 Å². The number of hydrogen-bond donors (Lipinski definition) is 0. The number of hydrazone groups is 1. The molecule has 0 unspecified atom stereocenters. The first-order valence-corrected chi connectivity index (χ1v) is 8.03. The Labute approximate surface area is 138 Å². The highest BCUT2D eigenvalue weighted by molar-refractivity contribution is 5.56. The summed E-state index contributed by atoms with van der Waals surface area (Å²) in [6.45, 7) is 14.0. The van der Waals surface area contributed by atoms with Crippen molar-refractivity contribution in [1.82, 2.24) is 5.01 Å². The summed E-state index contributed by atoms with van der Waals surface area (Å²) in [5.41, 5.74) is 1.25. The van der Waals surface area contributed by atoms with Crippen LogP contribution in [-0.4, -0.2) is 24.9 Å². The molecule has 3 heteroatoms. The van der Waals surface area contributed by atoms with Gasteiger partial charge >= 0.3 is 0 Å². The Balaban J connectivity index is -0.000000535. The van der Waals surface area contributed by atoms with Gasteiger partial charge in [-0.3, -0.25) is 5.01 Å². The number of ether oxygens (including phenoxy) is 1. The van der Waals surface area contributed by atoms with Gasteiger partial charge in [0.05, 0.1) is 13.7 Å². The molecule has 1 aromatic rings. The van der Waals surface area contributed by atoms with Gasteiger partial charge in [0, 0.05) is 12.8 Å². The van der Waals surface area contributed by atoms with E-state index in [2.05, 4.69) is 43.9 Å². The molecule has 0 spiro atoms. The molecule has 1 aromatic carbocycles. The summed E-state index contributed by atoms with van der Waals surface area (Å²) in [6.07, 6.45) is 10.9. The average molecular weight is 306 g/mol. The number of methoxy groups -OCH3 is 1. The zero-order valence-corrected chi connectivity index (χ0v) is 15.5. The van der Waals surface area contributed by atoms with E-state index in [0.29, 0.717) is 0 Å². The lowest BCUT2D eigenvalue weighted by Crippen LogP contribution is -2.16. The largest absolute Gasteiger partial charge is 0.497 e. The third-order valence-electron chi connectivity index (χ3n) is 2.32. The highest BCUT2D eigenvalue weighted by Gasteiger charge is 1.99. The summed E-state index contributed by atoms with van der Waals surface area (Å²) >= 11 is 0. The Kier molecular flexibility index (Phi) is 24.3. The molecular formula is C19H34N2O. The molecule has 3 nitrogen and oxygen atoms in total. The SMILES string of the molecule is C#C.CC.CC.CC/C=N\N(CC)Cc1ccc(OC)cc1. The van der Waals surface area contributed by atoms with Crippen molar-refractivity contribution in [3.05, 3.63) is 29.8 Å². The van der Waals surface area contributed by atoms with Crippen LogP contribution < -0.4 is 4.74 Å². The lowest BCUT2D eigenvalue weighted by molar-refractivity contribution is 0.296. The maximum absolute atomic E-state index is 5.12. The summed E-state index contributed by atoms with van der Waals surface area (Å²) in [4.78, 5) is 0. The first-order chi connectivity index (χ1) is 10.8. The molecule has 0 N–H and O–H groups in total. The minimum absolute atomic E-state index is 0.844. The van der Waals surface area contributed by atoms with Crippen LogP contribution >= 0.6 is 0 Å². The van der Waals surface area contributed by atoms with E-state index in [9.17, 15) is 0 Å². The predicted molar refractivity (Wildman–Crippen MR) is 100 cm³/mol. The van der Waals surface area contributed by atoms with Crippen LogP contribution in [0.15, 0.2) is 29.4 Å². The Hall–Kier alpha value is -1.95. The van der Waals surface area contributed by atoms with Crippen LogP contribution in [0.2, 0.25) is 0 Å². The van der Waals surface area contributed by atoms with E-state index >= 15 is 0 Å². The smallest absolute Gasteiger partial charge is 0.118 e. The zero-order chi connectivity index (χ0) is 17.8. The maximum Gasteiger partial charge on any atom is 0.118 e. The Morgan fingerprint density at radius 2 is 1.55 bits per heavy atom. The van der Waals surface area contributed by atoms with E-state index in [1.807, 2.05) is 51.1 Å². The van der Waals surface area contributed by atoms with Gasteiger partial charge in [0.2, 0.25) is 0 Å². The molecule has 0 aliphatic heterocycles. The summed E-state index contributed by atoms with van der Waals surface area (Å²) < 4.78 is 5.12. The van der Waals surface area contributed by atoms with Gasteiger partial charge in [0.15, 0.2) is 0 Å². The highest BCUT2D eigenvalue weighted by atomic mass is 16.5. The van der Waals surface area contributed by atoms with Crippen LogP contribution in [0.5, 0.6) is 5.75 Å². The molecule has 0 aliphatic rings. The Morgan fingerprint density at radius 1 is 1.05 bits per heavy atom. The van der Waals surface area contributed by atoms with Crippen LogP contribution in [0.25, 0.3) is 0 Å². The van der Waals surface area contributed by atoms with Crippen LogP contribution in [0, 0.1) is 12.8 Å². The van der Waals surface area contributed by atoms with Crippen molar-refractivity contribution < 1.29 is 4.74 Å². The minimum atomic E-state index is 0.844. The molecule has 0 amide bonds. The fourth-order valence-electron chi connectivity index (χ4n) is 1.37. The van der Waals surface area contributed by atoms with Crippen LogP contribution in [0.3, 0.4) is 0 Å². The van der Waals surface area contributed by atoms with Crippen molar-refractivity contribution >= 4 is 6.21 Å². The van der Waals surface area contributed by atoms with Crippen molar-refractivity contribution in [2.24, 2.45) is 5.10 Å². The van der Waals surface area contributed by atoms with Crippen molar-refractivity contribution in [2.45, 2.75) is 54.5 Å². The van der Waals surface area contributed by atoms with E-state index in [-0.39, 0.29) is 0 Å². The van der Waals surface area contributed by atoms with Gasteiger partial charge in [-0.2, -0.15) is 5.10 Å². The van der Waals surface area contributed by atoms with Gasteiger partial charge in [-0.1, -0.05) is 46.8 Å². The minimum Gasteiger partial charge on any atom is -0.497 e. The third-order valence-corrected chi connectivity index (χ3v) is 2.32. The number of rotatable bonds is 6. The second-order valence-electron chi connectivity index (χ2n) is 3.54. The summed E-state index contributed by atoms with van der Waals surface area (Å²) in [5, 5.41) is 6.42. The molecule has 1 rings (SSSR count). The molecule has 0 saturated heterocycles. The fraction of sp³-hybridized carbons (Fsp3) is 0.526. The summed E-state index contributed by atoms with van der Waals surface area (Å²) in [6, 6.07) is 8.10. The van der Waals surface area contributed by atoms with E-state index in [4.69, 9.17) is 4.74 Å². The van der Waals surface area contributed by atoms with E-state index in [1.165, 1.54) is 5.56 Å². The summed E-state index contributed by atoms with van der Waals surface area (Å²) in [7, 11) is 1.68. The van der Waals surface area contributed by atoms with Gasteiger partial charge in [0.25, 0.3) is 0 Å². The molecule has 0 fully saturated rings. The zero-order valence-electron chi connectivity index (χ0n) is 15.5. The van der Waals surface area contributed by atoms with Crippen molar-refractivity contribution in [3.8, 4) is 18.6 Å². The number of terminal acetylenes is 1. The van der Waals surface area contributed by atoms with Crippen molar-refractivity contribution in [2.75, 3.05) is 13.7 Å². The molecule has 0 atom stereocenters. The number of nitrogens with zero attached hydrogens (tertiary/aromatic N) is 2. The van der Waals surface area contributed by atoms with Crippen LogP contribution in [0.1, 0.15) is 53.5 Å². The van der Waals surface area contributed by atoms with Crippen LogP contribution in [-0.2, 0) is 6.54 Å². The molecule has 0 bridgehead atoms. The highest BCUT2D eigenvalue weighted by Crippen LogP contribution is 2.12. The molecule has 22 heavy (non-hydrogen) atoms. The Bertz CT molecular complexity index is 355. The number of benzene rings is 1. The number of hydrogen-bond acceptors (Lipinski definition) is 3. The molecule has 0 saturated carbocycles. The predicted octanol–water partition coefficient (Wildman–Crippen LogP) is 5.21. The quantitative estimate of drug-likeness (QED) is 0.409. The fourth-order valence-corrected chi connectivity index (χ4v) is 1.37. The van der Waals surface area contributed by atoms with E-state index in [1.54, 1.807) is 7.11 Å². The second-order valence-corrected chi connectivity index (χ2v) is 3.54. The van der Waals surface area contributed by atoms with Gasteiger partial charge in [-0.25, -0.2) is 0 Å². The van der Waals surface area contributed by atoms with E-state index in [0.717, 1.165) is 25.3 Å². The molecule has 0 aliphatic carbocycles. The standard InChI is InChI=1S/C13H20N2O.2C2H6.C2H2/c1-4-10-14-15(5-2)11-12-6-8-13(16-3)9-7-12;3*1-2/h6-10H,4-5,11H2,1-3H3;2*1-2H3;1-2H/b14-10-;;;. The Morgan fingerprint density at radius 3 is 1.91 bits per heavy atom. The first kappa shape index (κ1) is 25.0. The average Bonchev–Trinajstić information content (AvgIpc) is 2.64. The van der Waals surface area contributed by atoms with Crippen molar-refractivity contribution in [1.29, 1.82) is 0 Å². The first-order valence-electron chi connectivity index (χ1n) is 8.03. The lowest BCUT2D eigenvalue weighted by Gasteiger charge is -2.16. The molecule has 0 heterocycles. The normalized spacial score (nSPS) is 8.41. The second kappa shape index (κ2) is 21.4. The maximum atomic E-state index is 5.12. The van der Waals surface area contributed by atoms with Crippen molar-refractivity contribution in [3.63, 3.8) is 0 Å². The molecular weight excluding hydrogens is 272 g/mol. The van der Waals surface area contributed by atoms with Gasteiger partial charge in [-0.15, -0.1) is 12.8 Å².